The molecule has 2 atom stereocenters. The molecule has 0 spiro atoms. The average Bonchev–Trinajstić information content (AvgIpc) is 3.42. The Morgan fingerprint density at radius 3 is 2.74 bits per heavy atom. The van der Waals surface area contributed by atoms with Crippen molar-refractivity contribution in [1.29, 1.82) is 0 Å². The molecule has 0 aromatic carbocycles. The van der Waals surface area contributed by atoms with Crippen molar-refractivity contribution in [2.75, 3.05) is 18.1 Å². The lowest BCUT2D eigenvalue weighted by molar-refractivity contribution is -0.138. The minimum Gasteiger partial charge on any atom is -0.461 e. The number of esters is 1. The van der Waals surface area contributed by atoms with Crippen LogP contribution >= 0.6 is 34.4 Å². The van der Waals surface area contributed by atoms with Gasteiger partial charge in [-0.05, 0) is 49.6 Å². The monoisotopic (exact) mass is 473 g/mol. The number of thioether (sulfide) groups is 1. The Labute approximate surface area is 195 Å². The molecule has 0 bridgehead atoms. The fourth-order valence-electron chi connectivity index (χ4n) is 4.34. The summed E-state index contributed by atoms with van der Waals surface area (Å²) in [6.45, 7) is 6.45. The van der Waals surface area contributed by atoms with Gasteiger partial charge in [0.1, 0.15) is 6.61 Å². The lowest BCUT2D eigenvalue weighted by atomic mass is 9.74. The molecule has 1 aliphatic carbocycles. The topological polar surface area (TPSA) is 55.4 Å². The molecule has 1 N–H and O–H groups in total. The summed E-state index contributed by atoms with van der Waals surface area (Å²) in [7, 11) is 0. The Balaban J connectivity index is 1.69. The van der Waals surface area contributed by atoms with Crippen molar-refractivity contribution in [3.63, 3.8) is 0 Å². The molecule has 164 valence electrons. The standard InChI is InChI=1S/C24H27NO3S3/c1-4-29-11-9-28-24(27)21-15(3)25-17-12-16(19-6-5-10-30-19)13-18(26)22(17)23(21)20-8-7-14(2)31-20/h5-8,10,16,23,25H,4,9,11-13H2,1-3H3/t16-,23+/m1/s1. The smallest absolute Gasteiger partial charge is 0.336 e. The van der Waals surface area contributed by atoms with Crippen LogP contribution in [0.4, 0.5) is 0 Å². The van der Waals surface area contributed by atoms with Crippen molar-refractivity contribution < 1.29 is 14.3 Å². The van der Waals surface area contributed by atoms with Gasteiger partial charge in [0.2, 0.25) is 0 Å². The third-order valence-electron chi connectivity index (χ3n) is 5.70. The van der Waals surface area contributed by atoms with Gasteiger partial charge in [0.05, 0.1) is 11.5 Å². The molecule has 4 rings (SSSR count). The van der Waals surface area contributed by atoms with E-state index in [1.165, 1.54) is 9.75 Å². The van der Waals surface area contributed by atoms with Crippen molar-refractivity contribution in [2.45, 2.75) is 45.4 Å². The van der Waals surface area contributed by atoms with Gasteiger partial charge in [0.25, 0.3) is 0 Å². The first kappa shape index (κ1) is 22.4. The summed E-state index contributed by atoms with van der Waals surface area (Å²) in [5.74, 6) is 1.42. The van der Waals surface area contributed by atoms with E-state index < -0.39 is 0 Å². The first-order valence-electron chi connectivity index (χ1n) is 10.6. The van der Waals surface area contributed by atoms with Gasteiger partial charge in [-0.2, -0.15) is 11.8 Å². The van der Waals surface area contributed by atoms with Crippen molar-refractivity contribution >= 4 is 46.2 Å². The van der Waals surface area contributed by atoms with E-state index in [0.29, 0.717) is 18.6 Å². The second-order valence-electron chi connectivity index (χ2n) is 7.81. The SMILES string of the molecule is CCSCCOC(=O)C1=C(C)NC2=C(C(=O)C[C@H](c3cccs3)C2)[C@H]1c1ccc(C)s1. The molecule has 2 aromatic rings. The van der Waals surface area contributed by atoms with E-state index in [0.717, 1.165) is 39.8 Å². The van der Waals surface area contributed by atoms with Crippen molar-refractivity contribution in [3.8, 4) is 0 Å². The Hall–Kier alpha value is -1.83. The number of carbonyl (C=O) groups is 2. The van der Waals surface area contributed by atoms with Gasteiger partial charge in [0, 0.05) is 49.7 Å². The third-order valence-corrected chi connectivity index (χ3v) is 8.67. The number of hydrogen-bond acceptors (Lipinski definition) is 7. The highest BCUT2D eigenvalue weighted by atomic mass is 32.2. The van der Waals surface area contributed by atoms with Crippen LogP contribution in [0.5, 0.6) is 0 Å². The Bertz CT molecular complexity index is 1030. The lowest BCUT2D eigenvalue weighted by Gasteiger charge is -2.35. The van der Waals surface area contributed by atoms with E-state index in [2.05, 4.69) is 36.7 Å². The number of ketones is 1. The van der Waals surface area contributed by atoms with Gasteiger partial charge in [-0.25, -0.2) is 4.79 Å². The van der Waals surface area contributed by atoms with E-state index in [1.54, 1.807) is 34.4 Å². The Kier molecular flexibility index (Phi) is 7.04. The zero-order valence-corrected chi connectivity index (χ0v) is 20.5. The molecule has 31 heavy (non-hydrogen) atoms. The molecular weight excluding hydrogens is 446 g/mol. The van der Waals surface area contributed by atoms with Gasteiger partial charge >= 0.3 is 5.97 Å². The summed E-state index contributed by atoms with van der Waals surface area (Å²) in [6, 6.07) is 8.25. The number of allylic oxidation sites excluding steroid dienone is 3. The Morgan fingerprint density at radius 1 is 1.23 bits per heavy atom. The molecule has 7 heteroatoms. The number of nitrogens with one attached hydrogen (secondary N) is 1. The summed E-state index contributed by atoms with van der Waals surface area (Å²) in [6.07, 6.45) is 1.27. The minimum absolute atomic E-state index is 0.127. The molecule has 2 aromatic heterocycles. The zero-order chi connectivity index (χ0) is 22.0. The summed E-state index contributed by atoms with van der Waals surface area (Å²) in [4.78, 5) is 30.0. The first-order valence-corrected chi connectivity index (χ1v) is 13.4. The van der Waals surface area contributed by atoms with E-state index >= 15 is 0 Å². The molecule has 2 aliphatic rings. The van der Waals surface area contributed by atoms with E-state index in [1.807, 2.05) is 19.1 Å². The van der Waals surface area contributed by atoms with E-state index in [9.17, 15) is 9.59 Å². The Morgan fingerprint density at radius 2 is 2.06 bits per heavy atom. The normalized spacial score (nSPS) is 21.2. The van der Waals surface area contributed by atoms with Crippen LogP contribution in [0.2, 0.25) is 0 Å². The maximum atomic E-state index is 13.4. The van der Waals surface area contributed by atoms with Crippen molar-refractivity contribution in [1.82, 2.24) is 5.32 Å². The highest BCUT2D eigenvalue weighted by Gasteiger charge is 2.42. The maximum absolute atomic E-state index is 13.4. The summed E-state index contributed by atoms with van der Waals surface area (Å²) in [5, 5.41) is 5.48. The number of dihydropyridines is 1. The van der Waals surface area contributed by atoms with Gasteiger partial charge in [-0.3, -0.25) is 4.79 Å². The number of aryl methyl sites for hydroxylation is 1. The fourth-order valence-corrected chi connectivity index (χ4v) is 6.66. The van der Waals surface area contributed by atoms with Crippen LogP contribution in [-0.4, -0.2) is 29.9 Å². The molecule has 0 unspecified atom stereocenters. The molecule has 0 fully saturated rings. The highest BCUT2D eigenvalue weighted by Crippen LogP contribution is 2.47. The molecule has 4 nitrogen and oxygen atoms in total. The molecule has 1 aliphatic heterocycles. The molecule has 0 radical (unpaired) electrons. The number of thiophene rings is 2. The van der Waals surface area contributed by atoms with Crippen molar-refractivity contribution in [2.24, 2.45) is 0 Å². The molecule has 0 amide bonds. The highest BCUT2D eigenvalue weighted by molar-refractivity contribution is 7.99. The van der Waals surface area contributed by atoms with Crippen LogP contribution < -0.4 is 5.32 Å². The van der Waals surface area contributed by atoms with Gasteiger partial charge in [0.15, 0.2) is 5.78 Å². The molecule has 0 saturated carbocycles. The van der Waals surface area contributed by atoms with Crippen LogP contribution in [-0.2, 0) is 14.3 Å². The quantitative estimate of drug-likeness (QED) is 0.408. The average molecular weight is 474 g/mol. The van der Waals surface area contributed by atoms with Crippen LogP contribution in [0.25, 0.3) is 0 Å². The van der Waals surface area contributed by atoms with Gasteiger partial charge in [-0.15, -0.1) is 22.7 Å². The van der Waals surface area contributed by atoms with Crippen LogP contribution in [0, 0.1) is 6.92 Å². The number of hydrogen-bond donors (Lipinski definition) is 1. The summed E-state index contributed by atoms with van der Waals surface area (Å²) >= 11 is 5.10. The fraction of sp³-hybridized carbons (Fsp3) is 0.417. The summed E-state index contributed by atoms with van der Waals surface area (Å²) in [5.41, 5.74) is 3.07. The van der Waals surface area contributed by atoms with Gasteiger partial charge in [-0.1, -0.05) is 13.0 Å². The minimum atomic E-state index is -0.349. The number of Topliss-reactive ketones (excluding diaryl/α,β-unsaturated/α-hetero) is 1. The number of carbonyl (C=O) groups excluding carboxylic acids is 2. The lowest BCUT2D eigenvalue weighted by Crippen LogP contribution is -2.35. The van der Waals surface area contributed by atoms with Crippen LogP contribution in [0.1, 0.15) is 53.2 Å². The molecule has 3 heterocycles. The predicted octanol–water partition coefficient (Wildman–Crippen LogP) is 5.78. The van der Waals surface area contributed by atoms with Gasteiger partial charge < -0.3 is 10.1 Å². The van der Waals surface area contributed by atoms with E-state index in [4.69, 9.17) is 4.74 Å². The van der Waals surface area contributed by atoms with Crippen molar-refractivity contribution in [3.05, 3.63) is 66.8 Å². The molecule has 0 saturated heterocycles. The van der Waals surface area contributed by atoms with E-state index in [-0.39, 0.29) is 23.6 Å². The third kappa shape index (κ3) is 4.69. The number of rotatable bonds is 7. The summed E-state index contributed by atoms with van der Waals surface area (Å²) < 4.78 is 5.62. The maximum Gasteiger partial charge on any atom is 0.336 e. The van der Waals surface area contributed by atoms with Crippen LogP contribution in [0.3, 0.4) is 0 Å². The van der Waals surface area contributed by atoms with Crippen LogP contribution in [0.15, 0.2) is 52.2 Å². The second kappa shape index (κ2) is 9.76. The second-order valence-corrected chi connectivity index (χ2v) is 11.5. The number of ether oxygens (including phenoxy) is 1. The largest absolute Gasteiger partial charge is 0.461 e. The predicted molar refractivity (Wildman–Crippen MR) is 130 cm³/mol. The first-order chi connectivity index (χ1) is 15.0. The molecular formula is C24H27NO3S3. The zero-order valence-electron chi connectivity index (χ0n) is 18.0.